The number of quaternary nitrogens is 1. The van der Waals surface area contributed by atoms with Crippen LogP contribution in [0.2, 0.25) is 0 Å². The number of anilines is 2. The summed E-state index contributed by atoms with van der Waals surface area (Å²) in [7, 11) is 1.86. The van der Waals surface area contributed by atoms with Crippen LogP contribution < -0.4 is 15.5 Å². The number of amides is 2. The minimum absolute atomic E-state index is 0.0754. The van der Waals surface area contributed by atoms with Crippen molar-refractivity contribution in [3.8, 4) is 0 Å². The molecule has 0 aliphatic rings. The Bertz CT molecular complexity index is 844. The largest absolute Gasteiger partial charge is 0.322 e. The molecule has 1 atom stereocenters. The van der Waals surface area contributed by atoms with E-state index in [0.717, 1.165) is 51.4 Å². The van der Waals surface area contributed by atoms with Gasteiger partial charge >= 0.3 is 0 Å². The average molecular weight is 397 g/mol. The first-order valence-corrected chi connectivity index (χ1v) is 10.3. The molecule has 0 aliphatic heterocycles. The van der Waals surface area contributed by atoms with Crippen molar-refractivity contribution in [2.75, 3.05) is 30.8 Å². The molecule has 5 nitrogen and oxygen atoms in total. The molecular formula is C24H34N3O2+. The maximum absolute atomic E-state index is 12.6. The number of aryl methyl sites for hydroxylation is 5. The second kappa shape index (κ2) is 10.2. The third kappa shape index (κ3) is 6.16. The van der Waals surface area contributed by atoms with Crippen molar-refractivity contribution in [1.29, 1.82) is 0 Å². The van der Waals surface area contributed by atoms with Gasteiger partial charge in [0.25, 0.3) is 11.8 Å². The normalized spacial score (nSPS) is 11.8. The highest BCUT2D eigenvalue weighted by molar-refractivity contribution is 5.94. The molecule has 2 aromatic rings. The van der Waals surface area contributed by atoms with Crippen molar-refractivity contribution in [2.45, 2.75) is 47.5 Å². The van der Waals surface area contributed by atoms with Gasteiger partial charge in [0.2, 0.25) is 0 Å². The number of carbonyl (C=O) groups excluding carboxylic acids is 2. The smallest absolute Gasteiger partial charge is 0.279 e. The van der Waals surface area contributed by atoms with Gasteiger partial charge in [0.05, 0.1) is 7.05 Å². The van der Waals surface area contributed by atoms with Crippen molar-refractivity contribution >= 4 is 23.2 Å². The van der Waals surface area contributed by atoms with Crippen LogP contribution in [0.1, 0.15) is 41.7 Å². The SMILES string of the molecule is CCc1cccc(CC)c1NC(=O)C[NH+](C)CC(=O)Nc1c(C)cc(C)cc1C. The molecule has 0 spiro atoms. The Morgan fingerprint density at radius 2 is 1.28 bits per heavy atom. The van der Waals surface area contributed by atoms with E-state index >= 15 is 0 Å². The van der Waals surface area contributed by atoms with Crippen molar-refractivity contribution in [2.24, 2.45) is 0 Å². The number of carbonyl (C=O) groups is 2. The molecule has 156 valence electrons. The van der Waals surface area contributed by atoms with E-state index in [1.54, 1.807) is 0 Å². The topological polar surface area (TPSA) is 62.6 Å². The minimum atomic E-state index is -0.0893. The van der Waals surface area contributed by atoms with Crippen molar-refractivity contribution in [3.05, 3.63) is 58.1 Å². The zero-order valence-corrected chi connectivity index (χ0v) is 18.5. The van der Waals surface area contributed by atoms with E-state index in [4.69, 9.17) is 0 Å². The molecular weight excluding hydrogens is 362 g/mol. The molecule has 2 aromatic carbocycles. The van der Waals surface area contributed by atoms with Crippen LogP contribution in [0.15, 0.2) is 30.3 Å². The fraction of sp³-hybridized carbons (Fsp3) is 0.417. The number of likely N-dealkylation sites (N-methyl/N-ethyl adjacent to an activating group) is 1. The van der Waals surface area contributed by atoms with Crippen LogP contribution in [-0.4, -0.2) is 32.0 Å². The summed E-state index contributed by atoms with van der Waals surface area (Å²) in [4.78, 5) is 25.9. The number of benzene rings is 2. The highest BCUT2D eigenvalue weighted by Crippen LogP contribution is 2.23. The molecule has 0 saturated carbocycles. The van der Waals surface area contributed by atoms with Gasteiger partial charge < -0.3 is 15.5 Å². The Morgan fingerprint density at radius 3 is 1.72 bits per heavy atom. The highest BCUT2D eigenvalue weighted by Gasteiger charge is 2.17. The summed E-state index contributed by atoms with van der Waals surface area (Å²) in [5, 5.41) is 6.07. The lowest BCUT2D eigenvalue weighted by Gasteiger charge is -2.18. The molecule has 0 saturated heterocycles. The predicted molar refractivity (Wildman–Crippen MR) is 120 cm³/mol. The molecule has 0 aromatic heterocycles. The summed E-state index contributed by atoms with van der Waals surface area (Å²) < 4.78 is 0. The number of hydrogen-bond acceptors (Lipinski definition) is 2. The summed E-state index contributed by atoms with van der Waals surface area (Å²) in [6.07, 6.45) is 1.73. The van der Waals surface area contributed by atoms with Crippen LogP contribution in [0.5, 0.6) is 0 Å². The van der Waals surface area contributed by atoms with Gasteiger partial charge in [-0.15, -0.1) is 0 Å². The molecule has 2 amide bonds. The van der Waals surface area contributed by atoms with Gasteiger partial charge in [0.1, 0.15) is 0 Å². The van der Waals surface area contributed by atoms with E-state index < -0.39 is 0 Å². The Labute approximate surface area is 174 Å². The fourth-order valence-electron chi connectivity index (χ4n) is 3.76. The fourth-order valence-corrected chi connectivity index (χ4v) is 3.76. The summed E-state index contributed by atoms with van der Waals surface area (Å²) in [6, 6.07) is 10.2. The Kier molecular flexibility index (Phi) is 7.97. The monoisotopic (exact) mass is 396 g/mol. The first kappa shape index (κ1) is 22.6. The first-order valence-electron chi connectivity index (χ1n) is 10.3. The molecule has 29 heavy (non-hydrogen) atoms. The molecule has 0 aliphatic carbocycles. The molecule has 2 rings (SSSR count). The van der Waals surface area contributed by atoms with Gasteiger partial charge in [-0.3, -0.25) is 9.59 Å². The molecule has 5 heteroatoms. The lowest BCUT2D eigenvalue weighted by molar-refractivity contribution is -0.862. The van der Waals surface area contributed by atoms with Gasteiger partial charge in [0, 0.05) is 11.4 Å². The highest BCUT2D eigenvalue weighted by atomic mass is 16.2. The third-order valence-electron chi connectivity index (χ3n) is 5.13. The molecule has 0 bridgehead atoms. The quantitative estimate of drug-likeness (QED) is 0.643. The Balaban J connectivity index is 1.97. The van der Waals surface area contributed by atoms with E-state index in [-0.39, 0.29) is 24.9 Å². The Morgan fingerprint density at radius 1 is 0.828 bits per heavy atom. The zero-order valence-electron chi connectivity index (χ0n) is 18.5. The van der Waals surface area contributed by atoms with Crippen LogP contribution in [-0.2, 0) is 22.4 Å². The summed E-state index contributed by atoms with van der Waals surface area (Å²) in [5.41, 5.74) is 7.34. The lowest BCUT2D eigenvalue weighted by Crippen LogP contribution is -3.11. The van der Waals surface area contributed by atoms with Gasteiger partial charge in [-0.05, 0) is 55.9 Å². The molecule has 1 unspecified atom stereocenters. The lowest BCUT2D eigenvalue weighted by atomic mass is 10.0. The van der Waals surface area contributed by atoms with Crippen LogP contribution in [0.4, 0.5) is 11.4 Å². The van der Waals surface area contributed by atoms with E-state index in [1.807, 2.05) is 46.0 Å². The third-order valence-corrected chi connectivity index (χ3v) is 5.13. The molecule has 3 N–H and O–H groups in total. The van der Waals surface area contributed by atoms with E-state index in [0.29, 0.717) is 0 Å². The minimum Gasteiger partial charge on any atom is -0.322 e. The van der Waals surface area contributed by atoms with Crippen molar-refractivity contribution < 1.29 is 14.5 Å². The second-order valence-corrected chi connectivity index (χ2v) is 7.84. The maximum Gasteiger partial charge on any atom is 0.279 e. The predicted octanol–water partition coefficient (Wildman–Crippen LogP) is 2.83. The van der Waals surface area contributed by atoms with Gasteiger partial charge in [-0.1, -0.05) is 49.7 Å². The van der Waals surface area contributed by atoms with E-state index in [1.165, 1.54) is 5.56 Å². The summed E-state index contributed by atoms with van der Waals surface area (Å²) in [5.74, 6) is -0.165. The number of para-hydroxylation sites is 1. The standard InChI is InChI=1S/C24H33N3O2/c1-7-19-10-9-11-20(8-2)24(19)26-22(29)15-27(6)14-21(28)25-23-17(4)12-16(3)13-18(23)5/h9-13H,7-8,14-15H2,1-6H3,(H,25,28)(H,26,29)/p+1. The van der Waals surface area contributed by atoms with Crippen LogP contribution in [0.25, 0.3) is 0 Å². The second-order valence-electron chi connectivity index (χ2n) is 7.84. The van der Waals surface area contributed by atoms with Crippen LogP contribution in [0.3, 0.4) is 0 Å². The molecule has 0 radical (unpaired) electrons. The van der Waals surface area contributed by atoms with Crippen LogP contribution in [0, 0.1) is 20.8 Å². The number of rotatable bonds is 8. The Hall–Kier alpha value is -2.66. The first-order chi connectivity index (χ1) is 13.7. The van der Waals surface area contributed by atoms with Gasteiger partial charge in [-0.25, -0.2) is 0 Å². The van der Waals surface area contributed by atoms with Crippen molar-refractivity contribution in [1.82, 2.24) is 0 Å². The van der Waals surface area contributed by atoms with Crippen LogP contribution >= 0.6 is 0 Å². The zero-order chi connectivity index (χ0) is 21.6. The molecule has 0 heterocycles. The van der Waals surface area contributed by atoms with Crippen molar-refractivity contribution in [3.63, 3.8) is 0 Å². The summed E-state index contributed by atoms with van der Waals surface area (Å²) >= 11 is 0. The summed E-state index contributed by atoms with van der Waals surface area (Å²) in [6.45, 7) is 10.7. The van der Waals surface area contributed by atoms with Gasteiger partial charge in [-0.2, -0.15) is 0 Å². The number of hydrogen-bond donors (Lipinski definition) is 3. The van der Waals surface area contributed by atoms with E-state index in [2.05, 4.69) is 36.6 Å². The number of nitrogens with one attached hydrogen (secondary N) is 3. The molecule has 0 fully saturated rings. The average Bonchev–Trinajstić information content (AvgIpc) is 2.64. The maximum atomic E-state index is 12.6. The van der Waals surface area contributed by atoms with Gasteiger partial charge in [0.15, 0.2) is 13.1 Å². The van der Waals surface area contributed by atoms with E-state index in [9.17, 15) is 9.59 Å².